The normalized spacial score (nSPS) is 20.8. The standard InChI is InChI=1S/C20H17N3O2S/c1-24-17-8-4-6-13-16-12-15(18-9-5-11-26-18)22-23(16)20(25-19(13)17)14-7-2-3-10-21-14/h2-11,16,20H,12H2,1H3/t16-,20+/m1/s1. The molecule has 0 amide bonds. The van der Waals surface area contributed by atoms with E-state index in [1.54, 1.807) is 24.6 Å². The molecule has 0 N–H and O–H groups in total. The van der Waals surface area contributed by atoms with E-state index in [0.717, 1.165) is 34.9 Å². The number of benzene rings is 1. The van der Waals surface area contributed by atoms with Gasteiger partial charge in [0.2, 0.25) is 6.23 Å². The Hall–Kier alpha value is -2.86. The lowest BCUT2D eigenvalue weighted by atomic mass is 9.98. The van der Waals surface area contributed by atoms with Gasteiger partial charge in [0.25, 0.3) is 0 Å². The van der Waals surface area contributed by atoms with Crippen molar-refractivity contribution in [1.29, 1.82) is 0 Å². The largest absolute Gasteiger partial charge is 0.493 e. The maximum atomic E-state index is 6.35. The van der Waals surface area contributed by atoms with E-state index >= 15 is 0 Å². The molecule has 0 aliphatic carbocycles. The predicted molar refractivity (Wildman–Crippen MR) is 101 cm³/mol. The van der Waals surface area contributed by atoms with Crippen molar-refractivity contribution < 1.29 is 9.47 Å². The summed E-state index contributed by atoms with van der Waals surface area (Å²) in [6, 6.07) is 16.2. The van der Waals surface area contributed by atoms with Gasteiger partial charge in [-0.1, -0.05) is 24.3 Å². The van der Waals surface area contributed by atoms with E-state index in [0.29, 0.717) is 0 Å². The van der Waals surface area contributed by atoms with Crippen LogP contribution in [0, 0.1) is 0 Å². The van der Waals surface area contributed by atoms with Gasteiger partial charge in [-0.15, -0.1) is 11.3 Å². The first-order valence-corrected chi connectivity index (χ1v) is 9.37. The molecule has 5 rings (SSSR count). The summed E-state index contributed by atoms with van der Waals surface area (Å²) in [6.45, 7) is 0. The van der Waals surface area contributed by atoms with E-state index in [1.165, 1.54) is 4.88 Å². The molecule has 26 heavy (non-hydrogen) atoms. The second-order valence-corrected chi connectivity index (χ2v) is 7.18. The molecule has 2 aliphatic heterocycles. The van der Waals surface area contributed by atoms with Gasteiger partial charge in [-0.25, -0.2) is 5.01 Å². The number of ether oxygens (including phenoxy) is 2. The average molecular weight is 363 g/mol. The fourth-order valence-corrected chi connectivity index (χ4v) is 4.27. The van der Waals surface area contributed by atoms with Gasteiger partial charge in [0, 0.05) is 18.2 Å². The van der Waals surface area contributed by atoms with E-state index < -0.39 is 0 Å². The molecule has 0 radical (unpaired) electrons. The minimum atomic E-state index is -0.373. The van der Waals surface area contributed by atoms with Crippen LogP contribution < -0.4 is 9.47 Å². The third kappa shape index (κ3) is 2.37. The Morgan fingerprint density at radius 3 is 2.88 bits per heavy atom. The van der Waals surface area contributed by atoms with Crippen LogP contribution in [0.5, 0.6) is 11.5 Å². The van der Waals surface area contributed by atoms with E-state index in [9.17, 15) is 0 Å². The Labute approximate surface area is 155 Å². The Bertz CT molecular complexity index is 956. The van der Waals surface area contributed by atoms with Crippen molar-refractivity contribution in [3.05, 3.63) is 76.2 Å². The molecule has 2 aromatic heterocycles. The first-order chi connectivity index (χ1) is 12.8. The van der Waals surface area contributed by atoms with Crippen molar-refractivity contribution >= 4 is 17.0 Å². The highest BCUT2D eigenvalue weighted by atomic mass is 32.1. The van der Waals surface area contributed by atoms with Crippen molar-refractivity contribution in [3.8, 4) is 11.5 Å². The van der Waals surface area contributed by atoms with Crippen molar-refractivity contribution in [3.63, 3.8) is 0 Å². The first-order valence-electron chi connectivity index (χ1n) is 8.49. The third-order valence-electron chi connectivity index (χ3n) is 4.75. The smallest absolute Gasteiger partial charge is 0.230 e. The molecule has 0 spiro atoms. The number of hydrazone groups is 1. The van der Waals surface area contributed by atoms with Crippen LogP contribution in [0.15, 0.2) is 65.2 Å². The van der Waals surface area contributed by atoms with Crippen molar-refractivity contribution in [2.45, 2.75) is 18.7 Å². The fraction of sp³-hybridized carbons (Fsp3) is 0.200. The molecule has 6 heteroatoms. The predicted octanol–water partition coefficient (Wildman–Crippen LogP) is 4.39. The minimum Gasteiger partial charge on any atom is -0.493 e. The monoisotopic (exact) mass is 363 g/mol. The van der Waals surface area contributed by atoms with Crippen LogP contribution in [-0.2, 0) is 0 Å². The van der Waals surface area contributed by atoms with E-state index in [1.807, 2.05) is 35.3 Å². The third-order valence-corrected chi connectivity index (χ3v) is 5.67. The van der Waals surface area contributed by atoms with Crippen LogP contribution in [0.25, 0.3) is 0 Å². The van der Waals surface area contributed by atoms with E-state index in [4.69, 9.17) is 14.6 Å². The molecule has 0 saturated carbocycles. The molecule has 0 fully saturated rings. The van der Waals surface area contributed by atoms with Crippen molar-refractivity contribution in [2.24, 2.45) is 5.10 Å². The number of para-hydroxylation sites is 1. The summed E-state index contributed by atoms with van der Waals surface area (Å²) in [7, 11) is 1.67. The van der Waals surface area contributed by atoms with Gasteiger partial charge in [0.05, 0.1) is 23.7 Å². The Morgan fingerprint density at radius 2 is 2.12 bits per heavy atom. The van der Waals surface area contributed by atoms with Crippen LogP contribution in [0.3, 0.4) is 0 Å². The molecule has 0 saturated heterocycles. The molecule has 130 valence electrons. The summed E-state index contributed by atoms with van der Waals surface area (Å²) in [4.78, 5) is 5.70. The van der Waals surface area contributed by atoms with Crippen molar-refractivity contribution in [1.82, 2.24) is 9.99 Å². The van der Waals surface area contributed by atoms with Gasteiger partial charge < -0.3 is 9.47 Å². The minimum absolute atomic E-state index is 0.109. The zero-order valence-electron chi connectivity index (χ0n) is 14.2. The molecular formula is C20H17N3O2S. The zero-order chi connectivity index (χ0) is 17.5. The summed E-state index contributed by atoms with van der Waals surface area (Å²) in [6.07, 6.45) is 2.25. The van der Waals surface area contributed by atoms with Gasteiger partial charge in [-0.2, -0.15) is 5.10 Å². The number of hydrogen-bond donors (Lipinski definition) is 0. The molecular weight excluding hydrogens is 346 g/mol. The number of hydrogen-bond acceptors (Lipinski definition) is 6. The Balaban J connectivity index is 1.64. The Kier molecular flexibility index (Phi) is 3.64. The molecule has 1 aromatic carbocycles. The van der Waals surface area contributed by atoms with Crippen LogP contribution in [-0.4, -0.2) is 22.8 Å². The number of fused-ring (bicyclic) bond motifs is 3. The lowest BCUT2D eigenvalue weighted by Gasteiger charge is -2.38. The number of aromatic nitrogens is 1. The lowest BCUT2D eigenvalue weighted by molar-refractivity contribution is -0.0236. The second-order valence-electron chi connectivity index (χ2n) is 6.23. The molecule has 4 heterocycles. The second kappa shape index (κ2) is 6.14. The highest BCUT2D eigenvalue weighted by molar-refractivity contribution is 7.12. The first kappa shape index (κ1) is 15.4. The molecule has 0 unspecified atom stereocenters. The van der Waals surface area contributed by atoms with Gasteiger partial charge in [-0.05, 0) is 29.6 Å². The molecule has 5 nitrogen and oxygen atoms in total. The van der Waals surface area contributed by atoms with Gasteiger partial charge >= 0.3 is 0 Å². The van der Waals surface area contributed by atoms with E-state index in [2.05, 4.69) is 28.6 Å². The van der Waals surface area contributed by atoms with Crippen LogP contribution >= 0.6 is 11.3 Å². The zero-order valence-corrected chi connectivity index (χ0v) is 15.0. The Morgan fingerprint density at radius 1 is 1.15 bits per heavy atom. The molecule has 2 atom stereocenters. The highest BCUT2D eigenvalue weighted by Crippen LogP contribution is 2.50. The van der Waals surface area contributed by atoms with Crippen LogP contribution in [0.1, 0.15) is 34.8 Å². The topological polar surface area (TPSA) is 47.0 Å². The quantitative estimate of drug-likeness (QED) is 0.692. The number of thiophene rings is 1. The summed E-state index contributed by atoms with van der Waals surface area (Å²) < 4.78 is 11.9. The number of methoxy groups -OCH3 is 1. The number of rotatable bonds is 3. The highest BCUT2D eigenvalue weighted by Gasteiger charge is 2.42. The van der Waals surface area contributed by atoms with Crippen LogP contribution in [0.2, 0.25) is 0 Å². The summed E-state index contributed by atoms with van der Waals surface area (Å²) in [5.74, 6) is 1.53. The fourth-order valence-electron chi connectivity index (χ4n) is 3.55. The summed E-state index contributed by atoms with van der Waals surface area (Å²) in [5, 5.41) is 9.04. The average Bonchev–Trinajstić information content (AvgIpc) is 3.37. The maximum absolute atomic E-state index is 6.35. The molecule has 2 aliphatic rings. The van der Waals surface area contributed by atoms with E-state index in [-0.39, 0.29) is 12.3 Å². The summed E-state index contributed by atoms with van der Waals surface area (Å²) in [5.41, 5.74) is 3.03. The maximum Gasteiger partial charge on any atom is 0.230 e. The summed E-state index contributed by atoms with van der Waals surface area (Å²) >= 11 is 1.71. The van der Waals surface area contributed by atoms with Crippen molar-refractivity contribution in [2.75, 3.05) is 7.11 Å². The number of pyridine rings is 1. The van der Waals surface area contributed by atoms with Gasteiger partial charge in [0.1, 0.15) is 5.69 Å². The van der Waals surface area contributed by atoms with Gasteiger partial charge in [0.15, 0.2) is 11.5 Å². The molecule has 0 bridgehead atoms. The van der Waals surface area contributed by atoms with Crippen LogP contribution in [0.4, 0.5) is 0 Å². The lowest BCUT2D eigenvalue weighted by Crippen LogP contribution is -2.34. The van der Waals surface area contributed by atoms with Gasteiger partial charge in [-0.3, -0.25) is 4.98 Å². The molecule has 3 aromatic rings. The number of nitrogens with zero attached hydrogens (tertiary/aromatic N) is 3. The SMILES string of the molecule is COc1cccc2c1O[C@@H](c1ccccn1)N1N=C(c3cccs3)C[C@H]21.